The number of benzene rings is 2. The Kier molecular flexibility index (Phi) is 4.15. The molecule has 0 bridgehead atoms. The molecule has 0 N–H and O–H groups in total. The molecule has 1 amide bonds. The molecule has 0 aliphatic heterocycles. The summed E-state index contributed by atoms with van der Waals surface area (Å²) < 4.78 is 0. The van der Waals surface area contributed by atoms with Crippen LogP contribution in [0.15, 0.2) is 60.7 Å². The molecule has 0 aliphatic carbocycles. The lowest BCUT2D eigenvalue weighted by molar-refractivity contribution is -1.14. The van der Waals surface area contributed by atoms with Crippen LogP contribution in [0.3, 0.4) is 0 Å². The Balaban J connectivity index is 2.20. The van der Waals surface area contributed by atoms with Crippen molar-refractivity contribution < 1.29 is 19.3 Å². The molecule has 0 saturated carbocycles. The van der Waals surface area contributed by atoms with Gasteiger partial charge in [-0.25, -0.2) is 4.79 Å². The predicted octanol–water partition coefficient (Wildman–Crippen LogP) is 2.97. The highest BCUT2D eigenvalue weighted by molar-refractivity contribution is 5.36. The quantitative estimate of drug-likeness (QED) is 0.454. The van der Waals surface area contributed by atoms with Crippen molar-refractivity contribution >= 4 is 6.41 Å². The minimum Gasteiger partial charge on any atom is -0.263 e. The first-order chi connectivity index (χ1) is 9.28. The Morgan fingerprint density at radius 1 is 0.895 bits per heavy atom. The van der Waals surface area contributed by atoms with E-state index in [1.165, 1.54) is 0 Å². The molecule has 0 saturated heterocycles. The lowest BCUT2D eigenvalue weighted by Crippen LogP contribution is -2.52. The second-order valence-corrected chi connectivity index (χ2v) is 3.96. The molecule has 98 valence electrons. The van der Waals surface area contributed by atoms with Gasteiger partial charge in [0.15, 0.2) is 18.0 Å². The maximum absolute atomic E-state index is 11.4. The molecule has 2 aromatic carbocycles. The number of hydrogen-bond acceptors (Lipinski definition) is 3. The first-order valence-corrected chi connectivity index (χ1v) is 6.11. The van der Waals surface area contributed by atoms with Gasteiger partial charge in [-0.1, -0.05) is 36.4 Å². The summed E-state index contributed by atoms with van der Waals surface area (Å²) >= 11 is 0. The van der Waals surface area contributed by atoms with Crippen molar-refractivity contribution in [3.63, 3.8) is 0 Å². The molecule has 2 aromatic rings. The summed E-state index contributed by atoms with van der Waals surface area (Å²) in [5.41, 5.74) is 0. The summed E-state index contributed by atoms with van der Waals surface area (Å²) in [7, 11) is 0. The largest absolute Gasteiger partial charge is 0.385 e. The van der Waals surface area contributed by atoms with E-state index in [0.717, 1.165) is 0 Å². The van der Waals surface area contributed by atoms with Gasteiger partial charge in [-0.05, 0) is 31.2 Å². The monoisotopic (exact) mass is 258 g/mol. The van der Waals surface area contributed by atoms with E-state index < -0.39 is 4.81 Å². The number of para-hydroxylation sites is 2. The molecule has 0 fully saturated rings. The van der Waals surface area contributed by atoms with Gasteiger partial charge in [-0.15, -0.1) is 0 Å². The first kappa shape index (κ1) is 13.1. The van der Waals surface area contributed by atoms with Crippen LogP contribution >= 0.6 is 0 Å². The number of rotatable bonds is 6. The van der Waals surface area contributed by atoms with Gasteiger partial charge < -0.3 is 0 Å². The Hall–Kier alpha value is -2.33. The van der Waals surface area contributed by atoms with Crippen molar-refractivity contribution in [2.24, 2.45) is 0 Å². The van der Waals surface area contributed by atoms with Crippen LogP contribution in [0.4, 0.5) is 0 Å². The fraction of sp³-hybridized carbons (Fsp3) is 0.133. The third-order valence-corrected chi connectivity index (χ3v) is 2.61. The highest BCUT2D eigenvalue weighted by Gasteiger charge is 2.33. The van der Waals surface area contributed by atoms with E-state index >= 15 is 0 Å². The van der Waals surface area contributed by atoms with Crippen molar-refractivity contribution in [1.82, 2.24) is 0 Å². The molecule has 4 nitrogen and oxygen atoms in total. The van der Waals surface area contributed by atoms with Crippen molar-refractivity contribution in [3.8, 4) is 11.5 Å². The average molecular weight is 258 g/mol. The Labute approximate surface area is 112 Å². The van der Waals surface area contributed by atoms with E-state index in [0.29, 0.717) is 24.5 Å². The van der Waals surface area contributed by atoms with Crippen molar-refractivity contribution in [3.05, 3.63) is 60.7 Å². The highest BCUT2D eigenvalue weighted by Crippen LogP contribution is 2.19. The fourth-order valence-corrected chi connectivity index (χ4v) is 1.58. The number of carbonyl (C=O) groups excluding carboxylic acids is 1. The van der Waals surface area contributed by atoms with Gasteiger partial charge in [0.1, 0.15) is 4.81 Å². The van der Waals surface area contributed by atoms with E-state index in [1.807, 2.05) is 43.3 Å². The number of nitrogens with zero attached hydrogens (tertiary/aromatic N) is 1. The van der Waals surface area contributed by atoms with Gasteiger partial charge >= 0.3 is 6.41 Å². The van der Waals surface area contributed by atoms with Crippen LogP contribution < -0.4 is 9.68 Å². The summed E-state index contributed by atoms with van der Waals surface area (Å²) in [6.45, 7) is 2.17. The topological polar surface area (TPSA) is 35.5 Å². The van der Waals surface area contributed by atoms with Crippen molar-refractivity contribution in [2.45, 2.75) is 6.92 Å². The van der Waals surface area contributed by atoms with Gasteiger partial charge in [0.25, 0.3) is 0 Å². The van der Waals surface area contributed by atoms with Gasteiger partial charge in [0, 0.05) is 0 Å². The van der Waals surface area contributed by atoms with Crippen LogP contribution in [0.25, 0.3) is 0 Å². The molecule has 4 heteroatoms. The second kappa shape index (κ2) is 6.02. The number of quaternary nitrogens is 1. The van der Waals surface area contributed by atoms with Gasteiger partial charge in [0.2, 0.25) is 0 Å². The molecular weight excluding hydrogens is 242 g/mol. The van der Waals surface area contributed by atoms with Crippen LogP contribution in [0.5, 0.6) is 11.5 Å². The molecule has 0 aromatic heterocycles. The Morgan fingerprint density at radius 3 is 1.63 bits per heavy atom. The van der Waals surface area contributed by atoms with E-state index in [2.05, 4.69) is 0 Å². The summed E-state index contributed by atoms with van der Waals surface area (Å²) in [6.07, 6.45) is 0.639. The number of amides is 1. The summed E-state index contributed by atoms with van der Waals surface area (Å²) in [5.74, 6) is 1.15. The van der Waals surface area contributed by atoms with Crippen LogP contribution in [0, 0.1) is 0 Å². The maximum Gasteiger partial charge on any atom is 0.385 e. The third-order valence-electron chi connectivity index (χ3n) is 2.61. The lowest BCUT2D eigenvalue weighted by Gasteiger charge is -2.25. The molecular formula is C15H16NO3+. The van der Waals surface area contributed by atoms with E-state index in [-0.39, 0.29) is 0 Å². The zero-order valence-corrected chi connectivity index (χ0v) is 10.7. The zero-order chi connectivity index (χ0) is 13.6. The molecule has 0 radical (unpaired) electrons. The summed E-state index contributed by atoms with van der Waals surface area (Å²) in [4.78, 5) is 22.1. The Bertz CT molecular complexity index is 472. The molecule has 0 atom stereocenters. The fourth-order valence-electron chi connectivity index (χ4n) is 1.58. The second-order valence-electron chi connectivity index (χ2n) is 3.96. The van der Waals surface area contributed by atoms with E-state index in [1.54, 1.807) is 24.3 Å². The standard InChI is InChI=1S/C15H16NO3/c1-2-16(13-17,18-14-9-5-3-6-10-14)19-15-11-7-4-8-12-15/h3-13H,2H2,1H3/q+1. The molecule has 0 aliphatic rings. The van der Waals surface area contributed by atoms with Gasteiger partial charge in [-0.2, -0.15) is 0 Å². The van der Waals surface area contributed by atoms with E-state index in [9.17, 15) is 4.79 Å². The third kappa shape index (κ3) is 3.33. The van der Waals surface area contributed by atoms with Crippen LogP contribution in [0.1, 0.15) is 6.92 Å². The number of hydroxylamine groups is 4. The van der Waals surface area contributed by atoms with Crippen molar-refractivity contribution in [2.75, 3.05) is 6.54 Å². The number of carbonyl (C=O) groups is 1. The SMILES string of the molecule is CC[N+](C=O)(Oc1ccccc1)Oc1ccccc1. The molecule has 19 heavy (non-hydrogen) atoms. The van der Waals surface area contributed by atoms with Gasteiger partial charge in [-0.3, -0.25) is 9.68 Å². The summed E-state index contributed by atoms with van der Waals surface area (Å²) in [6, 6.07) is 18.2. The first-order valence-electron chi connectivity index (χ1n) is 6.11. The normalized spacial score (nSPS) is 10.8. The minimum atomic E-state index is -0.561. The Morgan fingerprint density at radius 2 is 1.32 bits per heavy atom. The average Bonchev–Trinajstić information content (AvgIpc) is 2.48. The molecule has 0 unspecified atom stereocenters. The van der Waals surface area contributed by atoms with E-state index in [4.69, 9.17) is 9.68 Å². The highest BCUT2D eigenvalue weighted by atomic mass is 17.0. The smallest absolute Gasteiger partial charge is 0.263 e. The van der Waals surface area contributed by atoms with Crippen LogP contribution in [0.2, 0.25) is 0 Å². The maximum atomic E-state index is 11.4. The predicted molar refractivity (Wildman–Crippen MR) is 71.0 cm³/mol. The van der Waals surface area contributed by atoms with Crippen LogP contribution in [-0.2, 0) is 4.79 Å². The van der Waals surface area contributed by atoms with Crippen molar-refractivity contribution in [1.29, 1.82) is 0 Å². The molecule has 0 spiro atoms. The minimum absolute atomic E-state index is 0.354. The van der Waals surface area contributed by atoms with Gasteiger partial charge in [0.05, 0.1) is 0 Å². The zero-order valence-electron chi connectivity index (χ0n) is 10.7. The summed E-state index contributed by atoms with van der Waals surface area (Å²) in [5, 5.41) is 0. The number of hydrogen-bond donors (Lipinski definition) is 0. The van der Waals surface area contributed by atoms with Crippen LogP contribution in [-0.4, -0.2) is 17.8 Å². The lowest BCUT2D eigenvalue weighted by atomic mass is 10.3. The molecule has 0 heterocycles. The molecule has 2 rings (SSSR count).